The van der Waals surface area contributed by atoms with Gasteiger partial charge in [-0.2, -0.15) is 10.2 Å². The fraction of sp³-hybridized carbons (Fsp3) is 0.154. The lowest BCUT2D eigenvalue weighted by Gasteiger charge is -2.10. The lowest BCUT2D eigenvalue weighted by Crippen LogP contribution is -2.13. The quantitative estimate of drug-likeness (QED) is 0.373. The lowest BCUT2D eigenvalue weighted by molar-refractivity contribution is 0.102. The highest BCUT2D eigenvalue weighted by molar-refractivity contribution is 6.30. The second-order valence-corrected chi connectivity index (χ2v) is 8.69. The number of fused-ring (bicyclic) bond motifs is 1. The molecule has 8 heteroatoms. The first kappa shape index (κ1) is 21.9. The summed E-state index contributed by atoms with van der Waals surface area (Å²) >= 11 is 5.97. The molecule has 0 fully saturated rings. The van der Waals surface area contributed by atoms with Crippen LogP contribution in [-0.2, 0) is 13.6 Å². The maximum absolute atomic E-state index is 13.4. The van der Waals surface area contributed by atoms with Crippen LogP contribution in [0.15, 0.2) is 67.0 Å². The van der Waals surface area contributed by atoms with Gasteiger partial charge < -0.3 is 5.32 Å². The number of aromatic nitrogens is 5. The number of carbonyl (C=O) groups excluding carboxylic acids is 1. The molecule has 0 unspecified atom stereocenters. The van der Waals surface area contributed by atoms with Crippen molar-refractivity contribution in [3.8, 4) is 11.3 Å². The summed E-state index contributed by atoms with van der Waals surface area (Å²) in [4.78, 5) is 18.2. The van der Waals surface area contributed by atoms with E-state index in [4.69, 9.17) is 16.6 Å². The van der Waals surface area contributed by atoms with E-state index in [1.165, 1.54) is 0 Å². The van der Waals surface area contributed by atoms with Gasteiger partial charge in [0.25, 0.3) is 5.91 Å². The maximum atomic E-state index is 13.4. The van der Waals surface area contributed by atoms with Gasteiger partial charge in [0.2, 0.25) is 0 Å². The Kier molecular flexibility index (Phi) is 5.63. The normalized spacial score (nSPS) is 11.2. The molecule has 3 heterocycles. The molecule has 3 aromatic heterocycles. The predicted molar refractivity (Wildman–Crippen MR) is 134 cm³/mol. The van der Waals surface area contributed by atoms with Gasteiger partial charge in [0.1, 0.15) is 0 Å². The number of halogens is 1. The summed E-state index contributed by atoms with van der Waals surface area (Å²) in [5.74, 6) is -0.218. The van der Waals surface area contributed by atoms with Crippen molar-refractivity contribution in [2.24, 2.45) is 7.05 Å². The summed E-state index contributed by atoms with van der Waals surface area (Å²) in [5, 5.41) is 13.4. The molecule has 0 bridgehead atoms. The first-order valence-electron chi connectivity index (χ1n) is 10.9. The molecule has 5 rings (SSSR count). The lowest BCUT2D eigenvalue weighted by atomic mass is 10.0. The third-order valence-electron chi connectivity index (χ3n) is 5.87. The highest BCUT2D eigenvalue weighted by atomic mass is 35.5. The number of para-hydroxylation sites is 1. The van der Waals surface area contributed by atoms with E-state index < -0.39 is 0 Å². The molecule has 170 valence electrons. The van der Waals surface area contributed by atoms with E-state index >= 15 is 0 Å². The van der Waals surface area contributed by atoms with Gasteiger partial charge in [0.15, 0.2) is 0 Å². The number of amides is 1. The highest BCUT2D eigenvalue weighted by Crippen LogP contribution is 2.29. The summed E-state index contributed by atoms with van der Waals surface area (Å²) < 4.78 is 3.60. The predicted octanol–water partition coefficient (Wildman–Crippen LogP) is 5.40. The molecule has 0 saturated carbocycles. The Bertz CT molecular complexity index is 1520. The van der Waals surface area contributed by atoms with Crippen LogP contribution in [-0.4, -0.2) is 30.5 Å². The zero-order valence-electron chi connectivity index (χ0n) is 19.1. The van der Waals surface area contributed by atoms with Gasteiger partial charge >= 0.3 is 0 Å². The minimum Gasteiger partial charge on any atom is -0.319 e. The summed E-state index contributed by atoms with van der Waals surface area (Å²) in [5.41, 5.74) is 6.53. The summed E-state index contributed by atoms with van der Waals surface area (Å²) in [6, 6.07) is 17.1. The van der Waals surface area contributed by atoms with E-state index in [1.807, 2.05) is 86.4 Å². The maximum Gasteiger partial charge on any atom is 0.256 e. The minimum absolute atomic E-state index is 0.218. The van der Waals surface area contributed by atoms with E-state index in [0.717, 1.165) is 39.1 Å². The Morgan fingerprint density at radius 1 is 1.09 bits per heavy atom. The van der Waals surface area contributed by atoms with Gasteiger partial charge in [-0.25, -0.2) is 4.98 Å². The number of hydrogen-bond acceptors (Lipinski definition) is 4. The van der Waals surface area contributed by atoms with Crippen molar-refractivity contribution >= 4 is 34.1 Å². The topological polar surface area (TPSA) is 77.6 Å². The molecular weight excluding hydrogens is 448 g/mol. The van der Waals surface area contributed by atoms with Crippen LogP contribution in [0.1, 0.15) is 27.3 Å². The molecule has 1 N–H and O–H groups in total. The molecule has 1 amide bonds. The van der Waals surface area contributed by atoms with Gasteiger partial charge in [-0.1, -0.05) is 41.9 Å². The average Bonchev–Trinajstić information content (AvgIpc) is 3.36. The second-order valence-electron chi connectivity index (χ2n) is 8.25. The van der Waals surface area contributed by atoms with Crippen LogP contribution in [0.2, 0.25) is 5.02 Å². The van der Waals surface area contributed by atoms with Gasteiger partial charge in [-0.05, 0) is 43.7 Å². The Balaban J connectivity index is 1.46. The van der Waals surface area contributed by atoms with Crippen molar-refractivity contribution in [2.45, 2.75) is 20.4 Å². The van der Waals surface area contributed by atoms with Crippen LogP contribution >= 0.6 is 11.6 Å². The van der Waals surface area contributed by atoms with E-state index in [0.29, 0.717) is 22.8 Å². The number of benzene rings is 2. The van der Waals surface area contributed by atoms with Crippen LogP contribution in [0.4, 0.5) is 5.69 Å². The Morgan fingerprint density at radius 3 is 2.59 bits per heavy atom. The van der Waals surface area contributed by atoms with Crippen molar-refractivity contribution in [3.05, 3.63) is 94.5 Å². The van der Waals surface area contributed by atoms with Crippen LogP contribution in [0.5, 0.6) is 0 Å². The summed E-state index contributed by atoms with van der Waals surface area (Å²) in [6.07, 6.45) is 3.46. The third kappa shape index (κ3) is 4.18. The molecule has 0 aliphatic heterocycles. The van der Waals surface area contributed by atoms with Gasteiger partial charge in [-0.15, -0.1) is 0 Å². The average molecular weight is 471 g/mol. The van der Waals surface area contributed by atoms with Crippen molar-refractivity contribution in [3.63, 3.8) is 0 Å². The monoisotopic (exact) mass is 470 g/mol. The van der Waals surface area contributed by atoms with E-state index in [-0.39, 0.29) is 5.91 Å². The standard InChI is InChI=1S/C26H23ClN6O/c1-16-25(17(2)32(3)31-16)24-12-22(21-6-4-5-7-23(21)30-24)26(34)29-20-13-28-33(15-20)14-18-8-10-19(27)11-9-18/h4-13,15H,14H2,1-3H3,(H,29,34). The first-order chi connectivity index (χ1) is 16.4. The number of pyridine rings is 1. The molecule has 7 nitrogen and oxygen atoms in total. The Morgan fingerprint density at radius 2 is 1.85 bits per heavy atom. The van der Waals surface area contributed by atoms with Crippen LogP contribution in [0.3, 0.4) is 0 Å². The van der Waals surface area contributed by atoms with Gasteiger partial charge in [0.05, 0.1) is 40.9 Å². The van der Waals surface area contributed by atoms with Crippen LogP contribution < -0.4 is 5.32 Å². The van der Waals surface area contributed by atoms with Crippen molar-refractivity contribution in [1.82, 2.24) is 24.5 Å². The molecule has 0 aliphatic carbocycles. The molecule has 0 atom stereocenters. The van der Waals surface area contributed by atoms with E-state index in [1.54, 1.807) is 10.9 Å². The molecule has 34 heavy (non-hydrogen) atoms. The zero-order chi connectivity index (χ0) is 23.8. The molecule has 0 spiro atoms. The smallest absolute Gasteiger partial charge is 0.256 e. The molecule has 5 aromatic rings. The Hall–Kier alpha value is -3.97. The molecule has 2 aromatic carbocycles. The number of nitrogens with zero attached hydrogens (tertiary/aromatic N) is 5. The molecule has 0 aliphatic rings. The van der Waals surface area contributed by atoms with Crippen LogP contribution in [0, 0.1) is 13.8 Å². The number of carbonyl (C=O) groups is 1. The molecule has 0 radical (unpaired) electrons. The SMILES string of the molecule is Cc1nn(C)c(C)c1-c1cc(C(=O)Nc2cnn(Cc3ccc(Cl)cc3)c2)c2ccccc2n1. The van der Waals surface area contributed by atoms with Gasteiger partial charge in [0, 0.05) is 34.9 Å². The number of aryl methyl sites for hydroxylation is 2. The van der Waals surface area contributed by atoms with E-state index in [9.17, 15) is 4.79 Å². The first-order valence-corrected chi connectivity index (χ1v) is 11.3. The molecular formula is C26H23ClN6O. The fourth-order valence-electron chi connectivity index (χ4n) is 4.13. The fourth-order valence-corrected chi connectivity index (χ4v) is 4.25. The summed E-state index contributed by atoms with van der Waals surface area (Å²) in [7, 11) is 1.90. The number of rotatable bonds is 5. The molecule has 0 saturated heterocycles. The van der Waals surface area contributed by atoms with Gasteiger partial charge in [-0.3, -0.25) is 14.2 Å². The minimum atomic E-state index is -0.218. The van der Waals surface area contributed by atoms with Crippen molar-refractivity contribution in [1.29, 1.82) is 0 Å². The third-order valence-corrected chi connectivity index (χ3v) is 6.13. The van der Waals surface area contributed by atoms with Crippen molar-refractivity contribution in [2.75, 3.05) is 5.32 Å². The number of hydrogen-bond donors (Lipinski definition) is 1. The Labute approximate surface area is 202 Å². The number of nitrogens with one attached hydrogen (secondary N) is 1. The van der Waals surface area contributed by atoms with Crippen molar-refractivity contribution < 1.29 is 4.79 Å². The largest absolute Gasteiger partial charge is 0.319 e. The number of anilines is 1. The second kappa shape index (κ2) is 8.76. The summed E-state index contributed by atoms with van der Waals surface area (Å²) in [6.45, 7) is 4.53. The van der Waals surface area contributed by atoms with Crippen LogP contribution in [0.25, 0.3) is 22.2 Å². The zero-order valence-corrected chi connectivity index (χ0v) is 19.8. The van der Waals surface area contributed by atoms with E-state index in [2.05, 4.69) is 15.5 Å². The highest BCUT2D eigenvalue weighted by Gasteiger charge is 2.19.